The molecule has 0 aromatic heterocycles. The lowest BCUT2D eigenvalue weighted by Crippen LogP contribution is -2.44. The molecule has 2 aliphatic rings. The fourth-order valence-corrected chi connectivity index (χ4v) is 4.20. The number of nitrogens with one attached hydrogen (secondary N) is 1. The van der Waals surface area contributed by atoms with E-state index in [0.717, 1.165) is 0 Å². The summed E-state index contributed by atoms with van der Waals surface area (Å²) in [6, 6.07) is -0.450. The molecule has 1 unspecified atom stereocenters. The molecule has 8 nitrogen and oxygen atoms in total. The molecule has 1 fully saturated rings. The number of carbonyl (C=O) groups is 2. The number of hydrogen-bond acceptors (Lipinski definition) is 6. The lowest BCUT2D eigenvalue weighted by molar-refractivity contribution is -0.133. The van der Waals surface area contributed by atoms with E-state index in [1.165, 1.54) is 5.01 Å². The van der Waals surface area contributed by atoms with E-state index >= 15 is 0 Å². The van der Waals surface area contributed by atoms with Crippen LogP contribution < -0.4 is 5.32 Å². The lowest BCUT2D eigenvalue weighted by Gasteiger charge is -2.27. The van der Waals surface area contributed by atoms with Gasteiger partial charge < -0.3 is 10.1 Å². The zero-order valence-electron chi connectivity index (χ0n) is 12.6. The number of methoxy groups -OCH3 is 1. The Morgan fingerprint density at radius 3 is 2.86 bits per heavy atom. The highest BCUT2D eigenvalue weighted by Crippen LogP contribution is 2.22. The average Bonchev–Trinajstić information content (AvgIpc) is 2.84. The molecule has 2 aliphatic heterocycles. The maximum absolute atomic E-state index is 12.0. The Kier molecular flexibility index (Phi) is 5.52. The maximum Gasteiger partial charge on any atom is 0.267 e. The number of rotatable bonds is 6. The number of sulfone groups is 1. The second kappa shape index (κ2) is 7.19. The van der Waals surface area contributed by atoms with Crippen LogP contribution in [0.5, 0.6) is 0 Å². The Balaban J connectivity index is 1.98. The summed E-state index contributed by atoms with van der Waals surface area (Å²) in [6.07, 6.45) is 1.53. The van der Waals surface area contributed by atoms with E-state index in [9.17, 15) is 18.0 Å². The average molecular weight is 331 g/mol. The fourth-order valence-electron chi connectivity index (χ4n) is 2.51. The van der Waals surface area contributed by atoms with Crippen LogP contribution in [0.1, 0.15) is 25.7 Å². The summed E-state index contributed by atoms with van der Waals surface area (Å²) < 4.78 is 28.0. The van der Waals surface area contributed by atoms with Gasteiger partial charge in [-0.05, 0) is 12.8 Å². The van der Waals surface area contributed by atoms with Crippen LogP contribution >= 0.6 is 0 Å². The minimum atomic E-state index is -3.10. The van der Waals surface area contributed by atoms with Crippen molar-refractivity contribution in [2.75, 3.05) is 31.8 Å². The molecule has 0 bridgehead atoms. The van der Waals surface area contributed by atoms with Crippen molar-refractivity contribution >= 4 is 27.4 Å². The third-order valence-corrected chi connectivity index (χ3v) is 5.44. The van der Waals surface area contributed by atoms with Crippen molar-refractivity contribution in [1.82, 2.24) is 10.3 Å². The molecule has 2 heterocycles. The number of hydrazone groups is 1. The van der Waals surface area contributed by atoms with Crippen molar-refractivity contribution in [2.45, 2.75) is 31.7 Å². The fraction of sp³-hybridized carbons (Fsp3) is 0.769. The molecular formula is C13H21N3O5S. The van der Waals surface area contributed by atoms with Gasteiger partial charge in [-0.25, -0.2) is 13.4 Å². The minimum Gasteiger partial charge on any atom is -0.385 e. The van der Waals surface area contributed by atoms with E-state index in [0.29, 0.717) is 26.0 Å². The number of amides is 2. The molecule has 2 amide bonds. The Morgan fingerprint density at radius 1 is 1.45 bits per heavy atom. The lowest BCUT2D eigenvalue weighted by atomic mass is 10.1. The summed E-state index contributed by atoms with van der Waals surface area (Å²) in [5, 5.41) is 8.02. The molecule has 0 saturated carbocycles. The molecule has 0 aromatic rings. The minimum absolute atomic E-state index is 0.0650. The number of carbonyl (C=O) groups excluding carboxylic acids is 2. The van der Waals surface area contributed by atoms with Gasteiger partial charge in [0.1, 0.15) is 5.71 Å². The predicted octanol–water partition coefficient (Wildman–Crippen LogP) is -0.695. The molecule has 0 aromatic carbocycles. The molecule has 0 radical (unpaired) electrons. The van der Waals surface area contributed by atoms with Crippen LogP contribution in [0.15, 0.2) is 5.10 Å². The highest BCUT2D eigenvalue weighted by molar-refractivity contribution is 7.91. The van der Waals surface area contributed by atoms with Crippen LogP contribution in [0.4, 0.5) is 0 Å². The van der Waals surface area contributed by atoms with Crippen molar-refractivity contribution in [3.63, 3.8) is 0 Å². The Morgan fingerprint density at radius 2 is 2.23 bits per heavy atom. The third kappa shape index (κ3) is 4.26. The highest BCUT2D eigenvalue weighted by atomic mass is 32.2. The number of hydrogen-bond donors (Lipinski definition) is 1. The van der Waals surface area contributed by atoms with Gasteiger partial charge in [-0.3, -0.25) is 9.59 Å². The summed E-state index contributed by atoms with van der Waals surface area (Å²) in [7, 11) is -1.51. The van der Waals surface area contributed by atoms with Crippen molar-refractivity contribution < 1.29 is 22.7 Å². The number of nitrogens with zero attached hydrogens (tertiary/aromatic N) is 2. The van der Waals surface area contributed by atoms with Crippen LogP contribution in [-0.2, 0) is 24.2 Å². The summed E-state index contributed by atoms with van der Waals surface area (Å²) in [6.45, 7) is 1.02. The molecule has 0 spiro atoms. The van der Waals surface area contributed by atoms with Crippen molar-refractivity contribution in [3.8, 4) is 0 Å². The first-order chi connectivity index (χ1) is 10.4. The van der Waals surface area contributed by atoms with Gasteiger partial charge in [-0.1, -0.05) is 0 Å². The Hall–Kier alpha value is -1.48. The summed E-state index contributed by atoms with van der Waals surface area (Å²) in [5.74, 6) is -0.548. The van der Waals surface area contributed by atoms with Gasteiger partial charge in [0.2, 0.25) is 5.91 Å². The maximum atomic E-state index is 12.0. The zero-order chi connectivity index (χ0) is 16.2. The van der Waals surface area contributed by atoms with Crippen molar-refractivity contribution in [2.24, 2.45) is 5.10 Å². The van der Waals surface area contributed by atoms with E-state index < -0.39 is 15.9 Å². The second-order valence-electron chi connectivity index (χ2n) is 5.44. The standard InChI is InChI=1S/C13H21N3O5S/c1-21-7-2-6-14-13(18)11-3-4-12(17)16(15-11)10-5-8-22(19,20)9-10/h10H,2-9H2,1H3,(H,14,18). The van der Waals surface area contributed by atoms with E-state index in [1.807, 2.05) is 0 Å². The smallest absolute Gasteiger partial charge is 0.267 e. The van der Waals surface area contributed by atoms with E-state index in [-0.39, 0.29) is 41.9 Å². The second-order valence-corrected chi connectivity index (χ2v) is 7.67. The predicted molar refractivity (Wildman–Crippen MR) is 80.1 cm³/mol. The SMILES string of the molecule is COCCCNC(=O)C1=NN(C2CCS(=O)(=O)C2)C(=O)CC1. The molecule has 9 heteroatoms. The van der Waals surface area contributed by atoms with Gasteiger partial charge >= 0.3 is 0 Å². The monoisotopic (exact) mass is 331 g/mol. The van der Waals surface area contributed by atoms with E-state index in [1.54, 1.807) is 7.11 Å². The van der Waals surface area contributed by atoms with Crippen molar-refractivity contribution in [1.29, 1.82) is 0 Å². The first kappa shape index (κ1) is 16.9. The van der Waals surface area contributed by atoms with Gasteiger partial charge in [0.15, 0.2) is 9.84 Å². The van der Waals surface area contributed by atoms with Gasteiger partial charge in [0.25, 0.3) is 5.91 Å². The van der Waals surface area contributed by atoms with Gasteiger partial charge in [-0.15, -0.1) is 0 Å². The number of ether oxygens (including phenoxy) is 1. The summed E-state index contributed by atoms with van der Waals surface area (Å²) in [5.41, 5.74) is 0.279. The van der Waals surface area contributed by atoms with E-state index in [4.69, 9.17) is 4.74 Å². The third-order valence-electron chi connectivity index (χ3n) is 3.69. The van der Waals surface area contributed by atoms with Crippen LogP contribution in [-0.4, -0.2) is 68.8 Å². The van der Waals surface area contributed by atoms with Crippen LogP contribution in [0, 0.1) is 0 Å². The van der Waals surface area contributed by atoms with Crippen LogP contribution in [0.2, 0.25) is 0 Å². The molecule has 1 N–H and O–H groups in total. The molecule has 2 rings (SSSR count). The first-order valence-electron chi connectivity index (χ1n) is 7.30. The Bertz CT molecular complexity index is 572. The Labute approximate surface area is 129 Å². The normalized spacial score (nSPS) is 24.2. The topological polar surface area (TPSA) is 105 Å². The van der Waals surface area contributed by atoms with Crippen LogP contribution in [0.3, 0.4) is 0 Å². The van der Waals surface area contributed by atoms with Gasteiger partial charge in [-0.2, -0.15) is 5.10 Å². The quantitative estimate of drug-likeness (QED) is 0.648. The molecule has 22 heavy (non-hydrogen) atoms. The molecule has 1 saturated heterocycles. The molecule has 124 valence electrons. The molecule has 0 aliphatic carbocycles. The van der Waals surface area contributed by atoms with E-state index in [2.05, 4.69) is 10.4 Å². The highest BCUT2D eigenvalue weighted by Gasteiger charge is 2.37. The molecular weight excluding hydrogens is 310 g/mol. The van der Waals surface area contributed by atoms with Crippen molar-refractivity contribution in [3.05, 3.63) is 0 Å². The first-order valence-corrected chi connectivity index (χ1v) is 9.12. The summed E-state index contributed by atoms with van der Waals surface area (Å²) >= 11 is 0. The van der Waals surface area contributed by atoms with Crippen LogP contribution in [0.25, 0.3) is 0 Å². The molecule has 1 atom stereocenters. The zero-order valence-corrected chi connectivity index (χ0v) is 13.4. The van der Waals surface area contributed by atoms with Gasteiger partial charge in [0.05, 0.1) is 17.5 Å². The largest absolute Gasteiger partial charge is 0.385 e. The van der Waals surface area contributed by atoms with Gasteiger partial charge in [0, 0.05) is 33.1 Å². The summed E-state index contributed by atoms with van der Waals surface area (Å²) in [4.78, 5) is 24.0.